The van der Waals surface area contributed by atoms with Crippen LogP contribution in [0.2, 0.25) is 0 Å². The maximum atomic E-state index is 10.7. The standard InChI is InChI=1S/C11H10N6O2/c12-4-7-3-9(1-2-10(7)17(18)19)14-5-8-6-15-16-11(8)13/h1-3,6,14H,5H2,(H3,13,15,16). The Morgan fingerprint density at radius 3 is 2.95 bits per heavy atom. The summed E-state index contributed by atoms with van der Waals surface area (Å²) in [6.07, 6.45) is 1.58. The predicted molar refractivity (Wildman–Crippen MR) is 68.1 cm³/mol. The highest BCUT2D eigenvalue weighted by atomic mass is 16.6. The van der Waals surface area contributed by atoms with Crippen LogP contribution in [0.25, 0.3) is 0 Å². The summed E-state index contributed by atoms with van der Waals surface area (Å²) < 4.78 is 0. The van der Waals surface area contributed by atoms with Crippen molar-refractivity contribution >= 4 is 17.2 Å². The molecule has 0 aliphatic heterocycles. The topological polar surface area (TPSA) is 134 Å². The molecule has 1 aromatic heterocycles. The number of nitrogens with two attached hydrogens (primary N) is 1. The third-order valence-corrected chi connectivity index (χ3v) is 2.55. The lowest BCUT2D eigenvalue weighted by Gasteiger charge is -2.05. The number of aromatic amines is 1. The molecule has 0 saturated carbocycles. The Hall–Kier alpha value is -3.08. The molecule has 96 valence electrons. The number of nitro benzene ring substituents is 1. The molecule has 0 unspecified atom stereocenters. The number of benzene rings is 1. The van der Waals surface area contributed by atoms with Crippen LogP contribution in [-0.4, -0.2) is 15.1 Å². The van der Waals surface area contributed by atoms with Gasteiger partial charge in [0.05, 0.1) is 11.1 Å². The monoisotopic (exact) mass is 258 g/mol. The Bertz CT molecular complexity index is 657. The van der Waals surface area contributed by atoms with E-state index in [0.717, 1.165) is 5.56 Å². The zero-order chi connectivity index (χ0) is 13.8. The average Bonchev–Trinajstić information content (AvgIpc) is 2.81. The third kappa shape index (κ3) is 2.61. The zero-order valence-electron chi connectivity index (χ0n) is 9.75. The normalized spacial score (nSPS) is 9.84. The Kier molecular flexibility index (Phi) is 3.29. The Morgan fingerprint density at radius 2 is 2.37 bits per heavy atom. The molecule has 0 aliphatic rings. The van der Waals surface area contributed by atoms with Gasteiger partial charge in [0, 0.05) is 23.9 Å². The summed E-state index contributed by atoms with van der Waals surface area (Å²) >= 11 is 0. The van der Waals surface area contributed by atoms with Crippen molar-refractivity contribution in [3.63, 3.8) is 0 Å². The largest absolute Gasteiger partial charge is 0.384 e. The average molecular weight is 258 g/mol. The van der Waals surface area contributed by atoms with Crippen molar-refractivity contribution in [1.82, 2.24) is 10.2 Å². The molecule has 19 heavy (non-hydrogen) atoms. The number of hydrogen-bond acceptors (Lipinski definition) is 6. The summed E-state index contributed by atoms with van der Waals surface area (Å²) in [5, 5.41) is 28.9. The van der Waals surface area contributed by atoms with Gasteiger partial charge < -0.3 is 11.1 Å². The van der Waals surface area contributed by atoms with Gasteiger partial charge in [-0.15, -0.1) is 0 Å². The van der Waals surface area contributed by atoms with Gasteiger partial charge in [-0.3, -0.25) is 15.2 Å². The number of anilines is 2. The molecular formula is C11H10N6O2. The van der Waals surface area contributed by atoms with E-state index in [1.165, 1.54) is 18.2 Å². The van der Waals surface area contributed by atoms with Crippen LogP contribution in [0, 0.1) is 21.4 Å². The minimum absolute atomic E-state index is 0.00941. The van der Waals surface area contributed by atoms with Gasteiger partial charge in [0.1, 0.15) is 17.5 Å². The van der Waals surface area contributed by atoms with Crippen molar-refractivity contribution in [2.24, 2.45) is 0 Å². The molecule has 0 fully saturated rings. The molecule has 1 aromatic carbocycles. The molecule has 2 aromatic rings. The summed E-state index contributed by atoms with van der Waals surface area (Å²) in [4.78, 5) is 10.1. The lowest BCUT2D eigenvalue weighted by molar-refractivity contribution is -0.385. The lowest BCUT2D eigenvalue weighted by Crippen LogP contribution is -2.02. The summed E-state index contributed by atoms with van der Waals surface area (Å²) in [6, 6.07) is 6.05. The minimum atomic E-state index is -0.587. The highest BCUT2D eigenvalue weighted by Crippen LogP contribution is 2.22. The molecule has 0 spiro atoms. The Balaban J connectivity index is 2.16. The van der Waals surface area contributed by atoms with Crippen molar-refractivity contribution in [2.45, 2.75) is 6.54 Å². The van der Waals surface area contributed by atoms with E-state index in [-0.39, 0.29) is 11.3 Å². The van der Waals surface area contributed by atoms with Gasteiger partial charge in [0.15, 0.2) is 0 Å². The van der Waals surface area contributed by atoms with Crippen LogP contribution in [0.15, 0.2) is 24.4 Å². The van der Waals surface area contributed by atoms with Crippen molar-refractivity contribution < 1.29 is 4.92 Å². The fourth-order valence-corrected chi connectivity index (χ4v) is 1.55. The first-order chi connectivity index (χ1) is 9.11. The molecule has 0 radical (unpaired) electrons. The van der Waals surface area contributed by atoms with Crippen LogP contribution in [0.1, 0.15) is 11.1 Å². The number of nitro groups is 1. The van der Waals surface area contributed by atoms with E-state index in [9.17, 15) is 10.1 Å². The molecule has 1 heterocycles. The van der Waals surface area contributed by atoms with Gasteiger partial charge >= 0.3 is 0 Å². The van der Waals surface area contributed by atoms with Gasteiger partial charge in [-0.1, -0.05) is 0 Å². The number of nitriles is 1. The number of hydrogen-bond donors (Lipinski definition) is 3. The number of nitrogens with one attached hydrogen (secondary N) is 2. The summed E-state index contributed by atoms with van der Waals surface area (Å²) in [5.74, 6) is 0.454. The first-order valence-corrected chi connectivity index (χ1v) is 5.32. The van der Waals surface area contributed by atoms with Gasteiger partial charge in [-0.2, -0.15) is 10.4 Å². The van der Waals surface area contributed by atoms with Crippen LogP contribution in [0.4, 0.5) is 17.2 Å². The molecule has 0 bridgehead atoms. The molecule has 0 amide bonds. The summed E-state index contributed by atoms with van der Waals surface area (Å²) in [6.45, 7) is 0.408. The summed E-state index contributed by atoms with van der Waals surface area (Å²) in [5.41, 5.74) is 6.80. The molecular weight excluding hydrogens is 248 g/mol. The first-order valence-electron chi connectivity index (χ1n) is 5.32. The quantitative estimate of drug-likeness (QED) is 0.560. The fraction of sp³-hybridized carbons (Fsp3) is 0.0909. The third-order valence-electron chi connectivity index (χ3n) is 2.55. The number of H-pyrrole nitrogens is 1. The number of nitrogens with zero attached hydrogens (tertiary/aromatic N) is 3. The van der Waals surface area contributed by atoms with E-state index in [4.69, 9.17) is 11.0 Å². The maximum absolute atomic E-state index is 10.7. The van der Waals surface area contributed by atoms with E-state index in [2.05, 4.69) is 15.5 Å². The SMILES string of the molecule is N#Cc1cc(NCc2cn[nH]c2N)ccc1[N+](=O)[O-]. The second-order valence-electron chi connectivity index (χ2n) is 3.76. The predicted octanol–water partition coefficient (Wildman–Crippen LogP) is 1.38. The van der Waals surface area contributed by atoms with Crippen molar-refractivity contribution in [3.05, 3.63) is 45.6 Å². The van der Waals surface area contributed by atoms with E-state index in [1.807, 2.05) is 0 Å². The van der Waals surface area contributed by atoms with Crippen molar-refractivity contribution in [3.8, 4) is 6.07 Å². The van der Waals surface area contributed by atoms with Crippen molar-refractivity contribution in [2.75, 3.05) is 11.1 Å². The Morgan fingerprint density at radius 1 is 1.58 bits per heavy atom. The molecule has 0 atom stereocenters. The lowest BCUT2D eigenvalue weighted by atomic mass is 10.1. The zero-order valence-corrected chi connectivity index (χ0v) is 9.75. The maximum Gasteiger partial charge on any atom is 0.287 e. The molecule has 8 nitrogen and oxygen atoms in total. The second-order valence-corrected chi connectivity index (χ2v) is 3.76. The van der Waals surface area contributed by atoms with E-state index >= 15 is 0 Å². The van der Waals surface area contributed by atoms with E-state index in [1.54, 1.807) is 12.3 Å². The van der Waals surface area contributed by atoms with Gasteiger partial charge in [-0.25, -0.2) is 0 Å². The van der Waals surface area contributed by atoms with Gasteiger partial charge in [-0.05, 0) is 12.1 Å². The fourth-order valence-electron chi connectivity index (χ4n) is 1.55. The minimum Gasteiger partial charge on any atom is -0.384 e. The smallest absolute Gasteiger partial charge is 0.287 e. The summed E-state index contributed by atoms with van der Waals surface area (Å²) in [7, 11) is 0. The first kappa shape index (κ1) is 12.4. The van der Waals surface area contributed by atoms with Crippen molar-refractivity contribution in [1.29, 1.82) is 5.26 Å². The molecule has 4 N–H and O–H groups in total. The van der Waals surface area contributed by atoms with Gasteiger partial charge in [0.25, 0.3) is 5.69 Å². The molecule has 2 rings (SSSR count). The number of nitrogen functional groups attached to an aromatic ring is 1. The number of rotatable bonds is 4. The van der Waals surface area contributed by atoms with E-state index < -0.39 is 4.92 Å². The van der Waals surface area contributed by atoms with E-state index in [0.29, 0.717) is 18.1 Å². The van der Waals surface area contributed by atoms with Crippen LogP contribution >= 0.6 is 0 Å². The van der Waals surface area contributed by atoms with Gasteiger partial charge in [0.2, 0.25) is 0 Å². The number of aromatic nitrogens is 2. The van der Waals surface area contributed by atoms with Crippen LogP contribution in [-0.2, 0) is 6.54 Å². The molecule has 0 saturated heterocycles. The highest BCUT2D eigenvalue weighted by Gasteiger charge is 2.13. The molecule has 8 heteroatoms. The van der Waals surface area contributed by atoms with Crippen LogP contribution < -0.4 is 11.1 Å². The van der Waals surface area contributed by atoms with Crippen LogP contribution in [0.5, 0.6) is 0 Å². The highest BCUT2D eigenvalue weighted by molar-refractivity contribution is 5.59. The second kappa shape index (κ2) is 5.05. The molecule has 0 aliphatic carbocycles. The Labute approximate surface area is 108 Å². The van der Waals surface area contributed by atoms with Crippen LogP contribution in [0.3, 0.4) is 0 Å².